The molecule has 2 aromatic rings. The third-order valence-electron chi connectivity index (χ3n) is 2.90. The molecule has 0 aliphatic rings. The molecule has 0 fully saturated rings. The Labute approximate surface area is 112 Å². The first-order valence-electron chi connectivity index (χ1n) is 6.20. The number of nitrogen functional groups attached to an aromatic ring is 1. The normalized spacial score (nSPS) is 10.4. The smallest absolute Gasteiger partial charge is 0.115 e. The Morgan fingerprint density at radius 1 is 1.11 bits per heavy atom. The number of nitrogens with one attached hydrogen (secondary N) is 1. The lowest BCUT2D eigenvalue weighted by Crippen LogP contribution is -2.04. The fourth-order valence-corrected chi connectivity index (χ4v) is 1.98. The van der Waals surface area contributed by atoms with Gasteiger partial charge >= 0.3 is 0 Å². The highest BCUT2D eigenvalue weighted by atomic mass is 16.3. The van der Waals surface area contributed by atoms with Crippen LogP contribution in [0.2, 0.25) is 0 Å². The SMILES string of the molecule is Nc1ccc(NCc2cccc(O)c2)c(CCO)c1. The average Bonchev–Trinajstić information content (AvgIpc) is 2.38. The largest absolute Gasteiger partial charge is 0.508 e. The summed E-state index contributed by atoms with van der Waals surface area (Å²) in [4.78, 5) is 0. The summed E-state index contributed by atoms with van der Waals surface area (Å²) >= 11 is 0. The summed E-state index contributed by atoms with van der Waals surface area (Å²) < 4.78 is 0. The highest BCUT2D eigenvalue weighted by Gasteiger charge is 2.03. The third-order valence-corrected chi connectivity index (χ3v) is 2.90. The number of aliphatic hydroxyl groups is 1. The summed E-state index contributed by atoms with van der Waals surface area (Å²) in [5, 5.41) is 21.8. The molecule has 0 spiro atoms. The van der Waals surface area contributed by atoms with Crippen LogP contribution in [0.25, 0.3) is 0 Å². The number of aromatic hydroxyl groups is 1. The lowest BCUT2D eigenvalue weighted by atomic mass is 10.1. The molecule has 0 saturated carbocycles. The molecule has 4 heteroatoms. The number of benzene rings is 2. The number of anilines is 2. The molecule has 0 atom stereocenters. The molecule has 0 aliphatic carbocycles. The van der Waals surface area contributed by atoms with Crippen LogP contribution < -0.4 is 11.1 Å². The van der Waals surface area contributed by atoms with Gasteiger partial charge in [0, 0.05) is 24.5 Å². The van der Waals surface area contributed by atoms with E-state index in [-0.39, 0.29) is 12.4 Å². The molecule has 19 heavy (non-hydrogen) atoms. The highest BCUT2D eigenvalue weighted by molar-refractivity contribution is 5.58. The number of phenolic OH excluding ortho intramolecular Hbond substituents is 1. The summed E-state index contributed by atoms with van der Waals surface area (Å²) in [6.45, 7) is 0.695. The van der Waals surface area contributed by atoms with E-state index in [4.69, 9.17) is 10.8 Å². The molecule has 0 amide bonds. The van der Waals surface area contributed by atoms with Crippen molar-refractivity contribution in [2.24, 2.45) is 0 Å². The maximum atomic E-state index is 9.41. The summed E-state index contributed by atoms with van der Waals surface area (Å²) in [7, 11) is 0. The van der Waals surface area contributed by atoms with Crippen LogP contribution in [-0.2, 0) is 13.0 Å². The molecule has 4 nitrogen and oxygen atoms in total. The van der Waals surface area contributed by atoms with Gasteiger partial charge in [0.15, 0.2) is 0 Å². The van der Waals surface area contributed by atoms with Gasteiger partial charge in [-0.25, -0.2) is 0 Å². The van der Waals surface area contributed by atoms with Crippen molar-refractivity contribution < 1.29 is 10.2 Å². The van der Waals surface area contributed by atoms with Crippen LogP contribution in [0.4, 0.5) is 11.4 Å². The van der Waals surface area contributed by atoms with E-state index in [1.807, 2.05) is 30.3 Å². The van der Waals surface area contributed by atoms with Crippen LogP contribution in [0.5, 0.6) is 5.75 Å². The number of hydrogen-bond acceptors (Lipinski definition) is 4. The molecular weight excluding hydrogens is 240 g/mol. The molecule has 0 heterocycles. The van der Waals surface area contributed by atoms with Gasteiger partial charge in [0.05, 0.1) is 0 Å². The lowest BCUT2D eigenvalue weighted by Gasteiger charge is -2.12. The van der Waals surface area contributed by atoms with E-state index in [0.717, 1.165) is 16.8 Å². The van der Waals surface area contributed by atoms with Crippen molar-refractivity contribution in [1.29, 1.82) is 0 Å². The Hall–Kier alpha value is -2.20. The Balaban J connectivity index is 2.10. The molecular formula is C15H18N2O2. The first-order chi connectivity index (χ1) is 9.19. The zero-order valence-corrected chi connectivity index (χ0v) is 10.6. The molecule has 2 rings (SSSR count). The van der Waals surface area contributed by atoms with Gasteiger partial charge in [-0.2, -0.15) is 0 Å². The van der Waals surface area contributed by atoms with Crippen molar-refractivity contribution in [2.45, 2.75) is 13.0 Å². The molecule has 0 unspecified atom stereocenters. The Kier molecular flexibility index (Phi) is 4.26. The van der Waals surface area contributed by atoms with E-state index in [1.165, 1.54) is 0 Å². The van der Waals surface area contributed by atoms with E-state index in [1.54, 1.807) is 12.1 Å². The maximum absolute atomic E-state index is 9.41. The second-order valence-corrected chi connectivity index (χ2v) is 4.41. The molecule has 0 radical (unpaired) electrons. The van der Waals surface area contributed by atoms with Gasteiger partial charge < -0.3 is 21.3 Å². The Bertz CT molecular complexity index is 556. The zero-order valence-electron chi connectivity index (χ0n) is 10.6. The number of hydrogen-bond donors (Lipinski definition) is 4. The van der Waals surface area contributed by atoms with Crippen LogP contribution in [0.3, 0.4) is 0 Å². The molecule has 5 N–H and O–H groups in total. The number of rotatable bonds is 5. The number of nitrogens with two attached hydrogens (primary N) is 1. The van der Waals surface area contributed by atoms with Gasteiger partial charge in [-0.1, -0.05) is 12.1 Å². The molecule has 100 valence electrons. The van der Waals surface area contributed by atoms with Crippen molar-refractivity contribution in [3.63, 3.8) is 0 Å². The standard InChI is InChI=1S/C15H18N2O2/c16-13-4-5-15(12(9-13)6-7-18)17-10-11-2-1-3-14(19)8-11/h1-5,8-9,17-19H,6-7,10,16H2. The van der Waals surface area contributed by atoms with Crippen molar-refractivity contribution >= 4 is 11.4 Å². The van der Waals surface area contributed by atoms with Crippen molar-refractivity contribution in [3.05, 3.63) is 53.6 Å². The van der Waals surface area contributed by atoms with E-state index >= 15 is 0 Å². The second kappa shape index (κ2) is 6.11. The van der Waals surface area contributed by atoms with Crippen molar-refractivity contribution in [3.8, 4) is 5.75 Å². The van der Waals surface area contributed by atoms with Gasteiger partial charge in [-0.15, -0.1) is 0 Å². The van der Waals surface area contributed by atoms with Crippen molar-refractivity contribution in [2.75, 3.05) is 17.7 Å². The second-order valence-electron chi connectivity index (χ2n) is 4.41. The van der Waals surface area contributed by atoms with Crippen LogP contribution >= 0.6 is 0 Å². The quantitative estimate of drug-likeness (QED) is 0.619. The number of phenols is 1. The highest BCUT2D eigenvalue weighted by Crippen LogP contribution is 2.21. The average molecular weight is 258 g/mol. The summed E-state index contributed by atoms with van der Waals surface area (Å²) in [5.41, 5.74) is 9.36. The predicted octanol–water partition coefficient (Wildman–Crippen LogP) is 2.12. The molecule has 0 aromatic heterocycles. The van der Waals surface area contributed by atoms with Crippen LogP contribution in [-0.4, -0.2) is 16.8 Å². The van der Waals surface area contributed by atoms with Gasteiger partial charge in [-0.05, 0) is 47.9 Å². The molecule has 2 aromatic carbocycles. The van der Waals surface area contributed by atoms with Gasteiger partial charge in [-0.3, -0.25) is 0 Å². The monoisotopic (exact) mass is 258 g/mol. The van der Waals surface area contributed by atoms with E-state index in [0.29, 0.717) is 18.7 Å². The van der Waals surface area contributed by atoms with Gasteiger partial charge in [0.25, 0.3) is 0 Å². The molecule has 0 aliphatic heterocycles. The maximum Gasteiger partial charge on any atom is 0.115 e. The Morgan fingerprint density at radius 3 is 2.68 bits per heavy atom. The first-order valence-corrected chi connectivity index (χ1v) is 6.20. The van der Waals surface area contributed by atoms with E-state index in [9.17, 15) is 5.11 Å². The minimum atomic E-state index is 0.0876. The van der Waals surface area contributed by atoms with Crippen molar-refractivity contribution in [1.82, 2.24) is 0 Å². The van der Waals surface area contributed by atoms with Crippen LogP contribution in [0, 0.1) is 0 Å². The summed E-state index contributed by atoms with van der Waals surface area (Å²) in [6.07, 6.45) is 0.563. The molecule has 0 bridgehead atoms. The van der Waals surface area contributed by atoms with E-state index < -0.39 is 0 Å². The predicted molar refractivity (Wildman–Crippen MR) is 77.1 cm³/mol. The third kappa shape index (κ3) is 3.63. The zero-order chi connectivity index (χ0) is 13.7. The van der Waals surface area contributed by atoms with Crippen LogP contribution in [0.15, 0.2) is 42.5 Å². The fraction of sp³-hybridized carbons (Fsp3) is 0.200. The fourth-order valence-electron chi connectivity index (χ4n) is 1.98. The lowest BCUT2D eigenvalue weighted by molar-refractivity contribution is 0.300. The van der Waals surface area contributed by atoms with Gasteiger partial charge in [0.1, 0.15) is 5.75 Å². The number of aliphatic hydroxyl groups excluding tert-OH is 1. The summed E-state index contributed by atoms with van der Waals surface area (Å²) in [6, 6.07) is 12.7. The topological polar surface area (TPSA) is 78.5 Å². The minimum Gasteiger partial charge on any atom is -0.508 e. The van der Waals surface area contributed by atoms with Crippen LogP contribution in [0.1, 0.15) is 11.1 Å². The van der Waals surface area contributed by atoms with Gasteiger partial charge in [0.2, 0.25) is 0 Å². The summed E-state index contributed by atoms with van der Waals surface area (Å²) in [5.74, 6) is 0.257. The molecule has 0 saturated heterocycles. The van der Waals surface area contributed by atoms with E-state index in [2.05, 4.69) is 5.32 Å². The first kappa shape index (κ1) is 13.2. The Morgan fingerprint density at radius 2 is 1.95 bits per heavy atom. The minimum absolute atomic E-state index is 0.0876.